The molecule has 0 aliphatic rings. The van der Waals surface area contributed by atoms with Crippen LogP contribution in [0.25, 0.3) is 21.3 Å². The van der Waals surface area contributed by atoms with Crippen molar-refractivity contribution in [2.24, 2.45) is 0 Å². The number of quaternary nitrogens is 1. The topological polar surface area (TPSA) is 63.3 Å². The van der Waals surface area contributed by atoms with Crippen molar-refractivity contribution in [1.29, 1.82) is 0 Å². The number of nitrogens with one attached hydrogen (secondary N) is 2. The number of furan rings is 1. The minimum Gasteiger partial charge on any atom is -0.460 e. The number of H-pyrrole nitrogens is 1. The van der Waals surface area contributed by atoms with Gasteiger partial charge >= 0.3 is 0 Å². The average Bonchev–Trinajstić information content (AvgIpc) is 3.22. The first-order valence-electron chi connectivity index (χ1n) is 8.52. The zero-order valence-electron chi connectivity index (χ0n) is 14.7. The van der Waals surface area contributed by atoms with Gasteiger partial charge in [-0.3, -0.25) is 4.79 Å². The molecule has 0 spiro atoms. The van der Waals surface area contributed by atoms with E-state index in [1.165, 1.54) is 16.2 Å². The van der Waals surface area contributed by atoms with Crippen LogP contribution in [0.4, 0.5) is 0 Å². The summed E-state index contributed by atoms with van der Waals surface area (Å²) in [5, 5.41) is 2.68. The summed E-state index contributed by atoms with van der Waals surface area (Å²) in [4.78, 5) is 22.3. The van der Waals surface area contributed by atoms with Crippen molar-refractivity contribution in [2.75, 3.05) is 7.05 Å². The Balaban J connectivity index is 1.61. The lowest BCUT2D eigenvalue weighted by Crippen LogP contribution is -3.06. The highest BCUT2D eigenvalue weighted by Crippen LogP contribution is 2.30. The molecule has 3 heterocycles. The first-order valence-corrected chi connectivity index (χ1v) is 9.40. The normalized spacial score (nSPS) is 12.5. The van der Waals surface area contributed by atoms with Crippen LogP contribution in [0.1, 0.15) is 17.3 Å². The molecule has 0 saturated carbocycles. The second-order valence-electron chi connectivity index (χ2n) is 6.53. The molecule has 1 atom stereocenters. The van der Waals surface area contributed by atoms with Crippen molar-refractivity contribution in [1.82, 2.24) is 9.97 Å². The molecule has 4 aromatic rings. The zero-order chi connectivity index (χ0) is 18.1. The maximum Gasteiger partial charge on any atom is 0.260 e. The van der Waals surface area contributed by atoms with E-state index < -0.39 is 0 Å². The lowest BCUT2D eigenvalue weighted by molar-refractivity contribution is -0.909. The molecule has 0 radical (unpaired) electrons. The summed E-state index contributed by atoms with van der Waals surface area (Å²) < 4.78 is 5.63. The standard InChI is InChI=1S/C20H19N3O2S/c1-13-8-9-15(25-13)10-23(2)11-17-21-19(24)18-16(12-26-20(18)22-17)14-6-4-3-5-7-14/h3-9,12H,10-11H2,1-2H3,(H,21,22,24)/p+1. The number of rotatable bonds is 5. The molecule has 0 aliphatic heterocycles. The van der Waals surface area contributed by atoms with Gasteiger partial charge in [-0.2, -0.15) is 0 Å². The van der Waals surface area contributed by atoms with Crippen LogP contribution in [0.5, 0.6) is 0 Å². The summed E-state index contributed by atoms with van der Waals surface area (Å²) in [7, 11) is 2.06. The van der Waals surface area contributed by atoms with Crippen LogP contribution in [-0.4, -0.2) is 17.0 Å². The maximum absolute atomic E-state index is 12.7. The minimum absolute atomic E-state index is 0.0771. The monoisotopic (exact) mass is 366 g/mol. The van der Waals surface area contributed by atoms with Crippen molar-refractivity contribution in [3.8, 4) is 11.1 Å². The van der Waals surface area contributed by atoms with E-state index in [1.54, 1.807) is 0 Å². The summed E-state index contributed by atoms with van der Waals surface area (Å²) in [5.41, 5.74) is 1.90. The molecule has 2 N–H and O–H groups in total. The second kappa shape index (κ2) is 6.90. The lowest BCUT2D eigenvalue weighted by atomic mass is 10.1. The molecular formula is C20H20N3O2S+. The van der Waals surface area contributed by atoms with Crippen molar-refractivity contribution in [2.45, 2.75) is 20.0 Å². The molecule has 0 fully saturated rings. The molecule has 5 nitrogen and oxygen atoms in total. The predicted molar refractivity (Wildman–Crippen MR) is 103 cm³/mol. The number of aromatic nitrogens is 2. The van der Waals surface area contributed by atoms with E-state index in [1.807, 2.05) is 54.8 Å². The highest BCUT2D eigenvalue weighted by atomic mass is 32.1. The number of hydrogen-bond acceptors (Lipinski definition) is 4. The van der Waals surface area contributed by atoms with E-state index in [-0.39, 0.29) is 5.56 Å². The largest absolute Gasteiger partial charge is 0.460 e. The first-order chi connectivity index (χ1) is 12.6. The fourth-order valence-corrected chi connectivity index (χ4v) is 4.10. The Kier molecular flexibility index (Phi) is 4.44. The van der Waals surface area contributed by atoms with Crippen LogP contribution >= 0.6 is 11.3 Å². The Morgan fingerprint density at radius 1 is 1.15 bits per heavy atom. The third-order valence-corrected chi connectivity index (χ3v) is 5.19. The summed E-state index contributed by atoms with van der Waals surface area (Å²) in [5.74, 6) is 2.54. The molecule has 4 rings (SSSR count). The van der Waals surface area contributed by atoms with Crippen LogP contribution in [0.15, 0.2) is 57.1 Å². The Hall–Kier alpha value is -2.70. The third kappa shape index (κ3) is 3.34. The highest BCUT2D eigenvalue weighted by Gasteiger charge is 2.15. The molecule has 0 bridgehead atoms. The molecule has 0 saturated heterocycles. The van der Waals surface area contributed by atoms with Crippen LogP contribution in [0, 0.1) is 6.92 Å². The van der Waals surface area contributed by atoms with Crippen molar-refractivity contribution < 1.29 is 9.32 Å². The molecule has 1 aromatic carbocycles. The minimum atomic E-state index is -0.0771. The number of benzene rings is 1. The quantitative estimate of drug-likeness (QED) is 0.571. The SMILES string of the molecule is Cc1ccc(C[NH+](C)Cc2nc3scc(-c4ccccc4)c3c(=O)[nH]2)o1. The summed E-state index contributed by atoms with van der Waals surface area (Å²) in [6.07, 6.45) is 0. The smallest absolute Gasteiger partial charge is 0.260 e. The van der Waals surface area contributed by atoms with Crippen LogP contribution in [-0.2, 0) is 13.1 Å². The van der Waals surface area contributed by atoms with Gasteiger partial charge in [0.1, 0.15) is 23.7 Å². The molecule has 0 amide bonds. The fraction of sp³-hybridized carbons (Fsp3) is 0.200. The third-order valence-electron chi connectivity index (χ3n) is 4.32. The molecular weight excluding hydrogens is 346 g/mol. The van der Waals surface area contributed by atoms with Crippen LogP contribution < -0.4 is 10.5 Å². The number of fused-ring (bicyclic) bond motifs is 1. The van der Waals surface area contributed by atoms with E-state index in [9.17, 15) is 4.79 Å². The number of nitrogens with zero attached hydrogens (tertiary/aromatic N) is 1. The van der Waals surface area contributed by atoms with E-state index in [0.717, 1.165) is 34.0 Å². The van der Waals surface area contributed by atoms with Crippen LogP contribution in [0.2, 0.25) is 0 Å². The molecule has 3 aromatic heterocycles. The molecule has 6 heteroatoms. The van der Waals surface area contributed by atoms with Crippen molar-refractivity contribution >= 4 is 21.6 Å². The van der Waals surface area contributed by atoms with E-state index in [2.05, 4.69) is 17.0 Å². The van der Waals surface area contributed by atoms with E-state index in [0.29, 0.717) is 17.8 Å². The fourth-order valence-electron chi connectivity index (χ4n) is 3.13. The molecule has 132 valence electrons. The maximum atomic E-state index is 12.7. The first kappa shape index (κ1) is 16.8. The van der Waals surface area contributed by atoms with Gasteiger partial charge in [0.05, 0.1) is 12.4 Å². The Bertz CT molecular complexity index is 1100. The van der Waals surface area contributed by atoms with E-state index in [4.69, 9.17) is 4.42 Å². The van der Waals surface area contributed by atoms with Gasteiger partial charge in [0.15, 0.2) is 11.6 Å². The van der Waals surface area contributed by atoms with Gasteiger partial charge in [0.2, 0.25) is 0 Å². The van der Waals surface area contributed by atoms with Gasteiger partial charge in [-0.25, -0.2) is 4.98 Å². The average molecular weight is 366 g/mol. The molecule has 0 aliphatic carbocycles. The Morgan fingerprint density at radius 3 is 2.69 bits per heavy atom. The summed E-state index contributed by atoms with van der Waals surface area (Å²) in [6, 6.07) is 13.9. The number of hydrogen-bond donors (Lipinski definition) is 2. The lowest BCUT2D eigenvalue weighted by Gasteiger charge is -2.11. The van der Waals surface area contributed by atoms with E-state index >= 15 is 0 Å². The van der Waals surface area contributed by atoms with Crippen LogP contribution in [0.3, 0.4) is 0 Å². The van der Waals surface area contributed by atoms with Gasteiger partial charge in [-0.05, 0) is 24.6 Å². The van der Waals surface area contributed by atoms with Gasteiger partial charge in [0.25, 0.3) is 5.56 Å². The number of thiophene rings is 1. The van der Waals surface area contributed by atoms with Gasteiger partial charge in [0, 0.05) is 10.9 Å². The molecule has 1 unspecified atom stereocenters. The summed E-state index contributed by atoms with van der Waals surface area (Å²) in [6.45, 7) is 3.31. The van der Waals surface area contributed by atoms with Gasteiger partial charge < -0.3 is 14.3 Å². The Morgan fingerprint density at radius 2 is 1.96 bits per heavy atom. The van der Waals surface area contributed by atoms with Crippen molar-refractivity contribution in [3.05, 3.63) is 75.5 Å². The Labute approximate surface area is 154 Å². The predicted octanol–water partition coefficient (Wildman–Crippen LogP) is 2.77. The number of aromatic amines is 1. The second-order valence-corrected chi connectivity index (χ2v) is 7.39. The number of aryl methyl sites for hydroxylation is 1. The summed E-state index contributed by atoms with van der Waals surface area (Å²) >= 11 is 1.51. The van der Waals surface area contributed by atoms with Gasteiger partial charge in [-0.15, -0.1) is 11.3 Å². The molecule has 26 heavy (non-hydrogen) atoms. The van der Waals surface area contributed by atoms with Crippen molar-refractivity contribution in [3.63, 3.8) is 0 Å². The van der Waals surface area contributed by atoms with Gasteiger partial charge in [-0.1, -0.05) is 30.3 Å². The zero-order valence-corrected chi connectivity index (χ0v) is 15.5. The highest BCUT2D eigenvalue weighted by molar-refractivity contribution is 7.17.